The molecule has 2 heterocycles. The Labute approximate surface area is 171 Å². The highest BCUT2D eigenvalue weighted by atomic mass is 19.4. The minimum Gasteiger partial charge on any atom is -0.465 e. The fraction of sp³-hybridized carbons (Fsp3) is 0.684. The minimum atomic E-state index is -4.51. The van der Waals surface area contributed by atoms with Gasteiger partial charge in [-0.15, -0.1) is 0 Å². The number of likely N-dealkylation sites (tertiary alicyclic amines) is 1. The lowest BCUT2D eigenvalue weighted by Gasteiger charge is -2.51. The zero-order valence-corrected chi connectivity index (χ0v) is 17.0. The average Bonchev–Trinajstić information content (AvgIpc) is 3.06. The molecule has 0 bridgehead atoms. The number of alkyl halides is 3. The fourth-order valence-electron chi connectivity index (χ4n) is 4.66. The SMILES string of the molecule is CC(C)(C)N1C[C@@H](C(F)(F)F)C[C@@H](NC(=O)O)C1c1c([N+](=O)[O-])cnc2c1CCC2. The van der Waals surface area contributed by atoms with Crippen LogP contribution in [0, 0.1) is 16.0 Å². The van der Waals surface area contributed by atoms with Gasteiger partial charge in [0.15, 0.2) is 0 Å². The molecule has 3 rings (SSSR count). The largest absolute Gasteiger partial charge is 0.465 e. The van der Waals surface area contributed by atoms with Crippen LogP contribution in [0.15, 0.2) is 6.20 Å². The van der Waals surface area contributed by atoms with E-state index in [2.05, 4.69) is 10.3 Å². The predicted molar refractivity (Wildman–Crippen MR) is 101 cm³/mol. The summed E-state index contributed by atoms with van der Waals surface area (Å²) in [6.07, 6.45) is -3.42. The number of piperidine rings is 1. The zero-order valence-electron chi connectivity index (χ0n) is 17.0. The van der Waals surface area contributed by atoms with Gasteiger partial charge in [-0.05, 0) is 52.0 Å². The van der Waals surface area contributed by atoms with E-state index in [9.17, 15) is 33.2 Å². The molecule has 1 unspecified atom stereocenters. The quantitative estimate of drug-likeness (QED) is 0.557. The van der Waals surface area contributed by atoms with Crippen LogP contribution in [-0.2, 0) is 12.8 Å². The van der Waals surface area contributed by atoms with Crippen LogP contribution in [-0.4, -0.2) is 50.3 Å². The number of halogens is 3. The van der Waals surface area contributed by atoms with Crippen molar-refractivity contribution in [3.63, 3.8) is 0 Å². The van der Waals surface area contributed by atoms with Gasteiger partial charge in [-0.1, -0.05) is 0 Å². The number of amides is 1. The molecule has 0 radical (unpaired) electrons. The molecule has 8 nitrogen and oxygen atoms in total. The Hall–Kier alpha value is -2.43. The van der Waals surface area contributed by atoms with E-state index in [1.165, 1.54) is 0 Å². The van der Waals surface area contributed by atoms with Crippen molar-refractivity contribution in [1.82, 2.24) is 15.2 Å². The molecule has 166 valence electrons. The number of aryl methyl sites for hydroxylation is 1. The first kappa shape index (κ1) is 22.3. The van der Waals surface area contributed by atoms with Crippen molar-refractivity contribution in [1.29, 1.82) is 0 Å². The lowest BCUT2D eigenvalue weighted by Crippen LogP contribution is -2.60. The van der Waals surface area contributed by atoms with Gasteiger partial charge in [-0.25, -0.2) is 4.79 Å². The summed E-state index contributed by atoms with van der Waals surface area (Å²) >= 11 is 0. The number of aromatic nitrogens is 1. The van der Waals surface area contributed by atoms with E-state index in [1.807, 2.05) is 0 Å². The lowest BCUT2D eigenvalue weighted by atomic mass is 9.79. The molecule has 0 spiro atoms. The maximum absolute atomic E-state index is 13.7. The van der Waals surface area contributed by atoms with Crippen molar-refractivity contribution < 1.29 is 28.0 Å². The van der Waals surface area contributed by atoms with Gasteiger partial charge in [-0.3, -0.25) is 20.0 Å². The molecule has 1 aliphatic heterocycles. The molecule has 1 aromatic heterocycles. The molecule has 1 saturated heterocycles. The van der Waals surface area contributed by atoms with Gasteiger partial charge in [0.25, 0.3) is 5.69 Å². The molecule has 1 fully saturated rings. The van der Waals surface area contributed by atoms with Crippen LogP contribution in [0.2, 0.25) is 0 Å². The van der Waals surface area contributed by atoms with Crippen LogP contribution < -0.4 is 5.32 Å². The number of pyridine rings is 1. The van der Waals surface area contributed by atoms with Gasteiger partial charge in [0.1, 0.15) is 6.20 Å². The van der Waals surface area contributed by atoms with E-state index < -0.39 is 47.2 Å². The van der Waals surface area contributed by atoms with Gasteiger partial charge >= 0.3 is 12.3 Å². The number of carbonyl (C=O) groups is 1. The Balaban J connectivity index is 2.22. The van der Waals surface area contributed by atoms with E-state index in [-0.39, 0.29) is 17.8 Å². The summed E-state index contributed by atoms with van der Waals surface area (Å²) in [6.45, 7) is 4.81. The highest BCUT2D eigenvalue weighted by Crippen LogP contribution is 2.47. The lowest BCUT2D eigenvalue weighted by molar-refractivity contribution is -0.386. The number of rotatable bonds is 3. The monoisotopic (exact) mass is 430 g/mol. The Morgan fingerprint density at radius 3 is 2.53 bits per heavy atom. The van der Waals surface area contributed by atoms with Crippen LogP contribution in [0.4, 0.5) is 23.7 Å². The summed E-state index contributed by atoms with van der Waals surface area (Å²) in [6, 6.07) is -2.07. The summed E-state index contributed by atoms with van der Waals surface area (Å²) in [5, 5.41) is 23.4. The van der Waals surface area contributed by atoms with E-state index in [0.29, 0.717) is 24.1 Å². The molecule has 0 saturated carbocycles. The van der Waals surface area contributed by atoms with Crippen molar-refractivity contribution in [3.8, 4) is 0 Å². The second kappa shape index (κ2) is 7.68. The Morgan fingerprint density at radius 1 is 1.33 bits per heavy atom. The molecule has 1 aliphatic carbocycles. The van der Waals surface area contributed by atoms with E-state index in [1.54, 1.807) is 25.7 Å². The van der Waals surface area contributed by atoms with Gasteiger partial charge < -0.3 is 10.4 Å². The molecule has 1 aromatic rings. The molecule has 1 amide bonds. The molecular weight excluding hydrogens is 405 g/mol. The number of fused-ring (bicyclic) bond motifs is 1. The highest BCUT2D eigenvalue weighted by molar-refractivity contribution is 5.65. The molecule has 2 aliphatic rings. The second-order valence-electron chi connectivity index (χ2n) is 8.89. The predicted octanol–water partition coefficient (Wildman–Crippen LogP) is 3.84. The van der Waals surface area contributed by atoms with Crippen LogP contribution >= 0.6 is 0 Å². The summed E-state index contributed by atoms with van der Waals surface area (Å²) in [5.74, 6) is -1.75. The number of nitrogens with one attached hydrogen (secondary N) is 1. The van der Waals surface area contributed by atoms with Crippen molar-refractivity contribution in [2.24, 2.45) is 5.92 Å². The molecular formula is C19H25F3N4O4. The second-order valence-corrected chi connectivity index (χ2v) is 8.89. The number of nitrogens with zero attached hydrogens (tertiary/aromatic N) is 3. The first-order valence-corrected chi connectivity index (χ1v) is 9.78. The maximum atomic E-state index is 13.7. The summed E-state index contributed by atoms with van der Waals surface area (Å²) in [4.78, 5) is 28.4. The number of hydrogen-bond donors (Lipinski definition) is 2. The highest BCUT2D eigenvalue weighted by Gasteiger charge is 2.52. The van der Waals surface area contributed by atoms with Crippen LogP contribution in [0.1, 0.15) is 56.5 Å². The third kappa shape index (κ3) is 4.21. The van der Waals surface area contributed by atoms with Crippen molar-refractivity contribution in [2.75, 3.05) is 6.54 Å². The molecule has 2 N–H and O–H groups in total. The first-order valence-electron chi connectivity index (χ1n) is 9.78. The summed E-state index contributed by atoms with van der Waals surface area (Å²) < 4.78 is 41.0. The normalized spacial score (nSPS) is 25.1. The van der Waals surface area contributed by atoms with E-state index in [4.69, 9.17) is 0 Å². The number of carboxylic acid groups (broad SMARTS) is 1. The van der Waals surface area contributed by atoms with Gasteiger partial charge in [0.05, 0.1) is 28.5 Å². The van der Waals surface area contributed by atoms with Crippen molar-refractivity contribution in [3.05, 3.63) is 33.1 Å². The van der Waals surface area contributed by atoms with Crippen molar-refractivity contribution in [2.45, 2.75) is 70.3 Å². The van der Waals surface area contributed by atoms with Gasteiger partial charge in [0, 0.05) is 17.8 Å². The van der Waals surface area contributed by atoms with Crippen LogP contribution in [0.25, 0.3) is 0 Å². The smallest absolute Gasteiger partial charge is 0.404 e. The number of hydrogen-bond acceptors (Lipinski definition) is 5. The average molecular weight is 430 g/mol. The van der Waals surface area contributed by atoms with Crippen LogP contribution in [0.3, 0.4) is 0 Å². The summed E-state index contributed by atoms with van der Waals surface area (Å²) in [5.41, 5.74) is 0.562. The fourth-order valence-corrected chi connectivity index (χ4v) is 4.66. The van der Waals surface area contributed by atoms with E-state index in [0.717, 1.165) is 12.6 Å². The Morgan fingerprint density at radius 2 is 2.00 bits per heavy atom. The van der Waals surface area contributed by atoms with E-state index >= 15 is 0 Å². The topological polar surface area (TPSA) is 109 Å². The third-order valence-corrected chi connectivity index (χ3v) is 5.93. The van der Waals surface area contributed by atoms with Crippen LogP contribution in [0.5, 0.6) is 0 Å². The Bertz CT molecular complexity index is 853. The van der Waals surface area contributed by atoms with Gasteiger partial charge in [-0.2, -0.15) is 13.2 Å². The van der Waals surface area contributed by atoms with Gasteiger partial charge in [0.2, 0.25) is 0 Å². The third-order valence-electron chi connectivity index (χ3n) is 5.93. The standard InChI is InChI=1S/C19H25F3N4O4/c1-18(2,3)25-9-10(19(20,21)22)7-13(24-17(27)28)16(25)15-11-5-4-6-12(11)23-8-14(15)26(29)30/h8,10,13,16,24H,4-7,9H2,1-3H3,(H,27,28)/t10-,13+,16?/m0/s1. The molecule has 11 heteroatoms. The summed E-state index contributed by atoms with van der Waals surface area (Å²) in [7, 11) is 0. The number of nitro groups is 1. The zero-order chi connectivity index (χ0) is 22.4. The minimum absolute atomic E-state index is 0.280. The first-order chi connectivity index (χ1) is 13.8. The molecule has 0 aromatic carbocycles. The molecule has 3 atom stereocenters. The molecule has 30 heavy (non-hydrogen) atoms. The Kier molecular flexibility index (Phi) is 5.70. The maximum Gasteiger partial charge on any atom is 0.404 e. The van der Waals surface area contributed by atoms with Crippen molar-refractivity contribution >= 4 is 11.8 Å².